The summed E-state index contributed by atoms with van der Waals surface area (Å²) in [5, 5.41) is 11.6. The van der Waals surface area contributed by atoms with E-state index in [-0.39, 0.29) is 5.91 Å². The standard InChI is InChI=1S/C24H21N5O2/c30-24(20-7-1-2-8-21(20)31-19-6-5-14-25-16-19)26-18-12-10-17(11-13-18)23-28-27-22-9-3-4-15-29(22)23/h1-2,5-8,10-14,16H,3-4,9,15H2,(H,26,30). The van der Waals surface area contributed by atoms with Crippen LogP contribution in [0.2, 0.25) is 0 Å². The molecule has 2 aromatic carbocycles. The highest BCUT2D eigenvalue weighted by Gasteiger charge is 2.17. The second kappa shape index (κ2) is 8.39. The van der Waals surface area contributed by atoms with Crippen molar-refractivity contribution in [2.45, 2.75) is 25.8 Å². The molecular formula is C24H21N5O2. The predicted molar refractivity (Wildman–Crippen MR) is 117 cm³/mol. The van der Waals surface area contributed by atoms with E-state index in [4.69, 9.17) is 4.74 Å². The fraction of sp³-hybridized carbons (Fsp3) is 0.167. The number of hydrogen-bond donors (Lipinski definition) is 1. The lowest BCUT2D eigenvalue weighted by molar-refractivity contribution is 0.102. The molecular weight excluding hydrogens is 390 g/mol. The molecule has 7 heteroatoms. The van der Waals surface area contributed by atoms with Gasteiger partial charge in [0, 0.05) is 30.4 Å². The number of carbonyl (C=O) groups excluding carboxylic acids is 1. The summed E-state index contributed by atoms with van der Waals surface area (Å²) in [6.45, 7) is 0.948. The number of para-hydroxylation sites is 1. The van der Waals surface area contributed by atoms with E-state index < -0.39 is 0 Å². The first-order chi connectivity index (χ1) is 15.3. The fourth-order valence-electron chi connectivity index (χ4n) is 3.70. The van der Waals surface area contributed by atoms with E-state index >= 15 is 0 Å². The first kappa shape index (κ1) is 19.0. The van der Waals surface area contributed by atoms with E-state index in [0.29, 0.717) is 22.7 Å². The van der Waals surface area contributed by atoms with E-state index in [1.165, 1.54) is 0 Å². The van der Waals surface area contributed by atoms with Crippen LogP contribution in [0.15, 0.2) is 73.1 Å². The molecule has 0 spiro atoms. The number of aryl methyl sites for hydroxylation is 1. The quantitative estimate of drug-likeness (QED) is 0.514. The van der Waals surface area contributed by atoms with Crippen LogP contribution in [0.1, 0.15) is 29.0 Å². The van der Waals surface area contributed by atoms with Crippen LogP contribution in [0.25, 0.3) is 11.4 Å². The van der Waals surface area contributed by atoms with Gasteiger partial charge in [0.15, 0.2) is 5.82 Å². The third-order valence-electron chi connectivity index (χ3n) is 5.25. The number of benzene rings is 2. The normalized spacial score (nSPS) is 12.8. The van der Waals surface area contributed by atoms with Gasteiger partial charge in [-0.25, -0.2) is 0 Å². The number of rotatable bonds is 5. The third-order valence-corrected chi connectivity index (χ3v) is 5.25. The zero-order valence-electron chi connectivity index (χ0n) is 16.9. The van der Waals surface area contributed by atoms with Crippen LogP contribution in [-0.4, -0.2) is 25.7 Å². The Bertz CT molecular complexity index is 1200. The van der Waals surface area contributed by atoms with E-state index in [1.54, 1.807) is 36.7 Å². The molecule has 2 aromatic heterocycles. The summed E-state index contributed by atoms with van der Waals surface area (Å²) < 4.78 is 8.03. The summed E-state index contributed by atoms with van der Waals surface area (Å²) in [7, 11) is 0. The number of hydrogen-bond acceptors (Lipinski definition) is 5. The van der Waals surface area contributed by atoms with Gasteiger partial charge in [-0.2, -0.15) is 0 Å². The lowest BCUT2D eigenvalue weighted by atomic mass is 10.1. The summed E-state index contributed by atoms with van der Waals surface area (Å²) in [6.07, 6.45) is 6.56. The Morgan fingerprint density at radius 3 is 2.68 bits per heavy atom. The molecule has 0 saturated carbocycles. The second-order valence-corrected chi connectivity index (χ2v) is 7.37. The Balaban J connectivity index is 1.33. The topological polar surface area (TPSA) is 81.9 Å². The number of nitrogens with zero attached hydrogens (tertiary/aromatic N) is 4. The van der Waals surface area contributed by atoms with Crippen LogP contribution in [-0.2, 0) is 13.0 Å². The SMILES string of the molecule is O=C(Nc1ccc(-c2nnc3n2CCCC3)cc1)c1ccccc1Oc1cccnc1. The van der Waals surface area contributed by atoms with Gasteiger partial charge in [-0.05, 0) is 61.4 Å². The van der Waals surface area contributed by atoms with Crippen molar-refractivity contribution >= 4 is 11.6 Å². The van der Waals surface area contributed by atoms with Crippen LogP contribution in [0.5, 0.6) is 11.5 Å². The molecule has 1 aliphatic rings. The fourth-order valence-corrected chi connectivity index (χ4v) is 3.70. The number of ether oxygens (including phenoxy) is 1. The highest BCUT2D eigenvalue weighted by atomic mass is 16.5. The van der Waals surface area contributed by atoms with Gasteiger partial charge in [-0.3, -0.25) is 9.78 Å². The van der Waals surface area contributed by atoms with E-state index in [0.717, 1.165) is 43.0 Å². The molecule has 7 nitrogen and oxygen atoms in total. The Labute approximate surface area is 179 Å². The van der Waals surface area contributed by atoms with Crippen molar-refractivity contribution < 1.29 is 9.53 Å². The Morgan fingerprint density at radius 2 is 1.84 bits per heavy atom. The van der Waals surface area contributed by atoms with Gasteiger partial charge >= 0.3 is 0 Å². The molecule has 3 heterocycles. The van der Waals surface area contributed by atoms with Crippen molar-refractivity contribution in [1.29, 1.82) is 0 Å². The van der Waals surface area contributed by atoms with Gasteiger partial charge in [0.25, 0.3) is 5.91 Å². The number of aromatic nitrogens is 4. The predicted octanol–water partition coefficient (Wildman–Crippen LogP) is 4.72. The third kappa shape index (κ3) is 4.02. The molecule has 0 saturated heterocycles. The monoisotopic (exact) mass is 411 g/mol. The number of amides is 1. The van der Waals surface area contributed by atoms with Crippen LogP contribution in [0, 0.1) is 0 Å². The molecule has 4 aromatic rings. The van der Waals surface area contributed by atoms with Crippen molar-refractivity contribution in [3.63, 3.8) is 0 Å². The first-order valence-electron chi connectivity index (χ1n) is 10.3. The Kier molecular flexibility index (Phi) is 5.14. The minimum Gasteiger partial charge on any atom is -0.455 e. The molecule has 1 N–H and O–H groups in total. The summed E-state index contributed by atoms with van der Waals surface area (Å²) >= 11 is 0. The molecule has 0 unspecified atom stereocenters. The summed E-state index contributed by atoms with van der Waals surface area (Å²) in [5.74, 6) is 2.72. The van der Waals surface area contributed by atoms with Crippen molar-refractivity contribution in [1.82, 2.24) is 19.7 Å². The van der Waals surface area contributed by atoms with Gasteiger partial charge in [0.1, 0.15) is 17.3 Å². The molecule has 0 radical (unpaired) electrons. The molecule has 154 valence electrons. The molecule has 1 amide bonds. The van der Waals surface area contributed by atoms with Crippen molar-refractivity contribution in [2.24, 2.45) is 0 Å². The Hall–Kier alpha value is -4.00. The lowest BCUT2D eigenvalue weighted by Crippen LogP contribution is -2.13. The summed E-state index contributed by atoms with van der Waals surface area (Å²) in [6, 6.07) is 18.4. The van der Waals surface area contributed by atoms with Gasteiger partial charge in [0.2, 0.25) is 0 Å². The molecule has 31 heavy (non-hydrogen) atoms. The average molecular weight is 411 g/mol. The maximum Gasteiger partial charge on any atom is 0.259 e. The highest BCUT2D eigenvalue weighted by Crippen LogP contribution is 2.27. The van der Waals surface area contributed by atoms with Crippen LogP contribution in [0.4, 0.5) is 5.69 Å². The van der Waals surface area contributed by atoms with Crippen molar-refractivity contribution in [3.8, 4) is 22.9 Å². The smallest absolute Gasteiger partial charge is 0.259 e. The van der Waals surface area contributed by atoms with Gasteiger partial charge < -0.3 is 14.6 Å². The van der Waals surface area contributed by atoms with Crippen molar-refractivity contribution in [3.05, 3.63) is 84.4 Å². The molecule has 0 aliphatic carbocycles. The molecule has 0 atom stereocenters. The number of nitrogens with one attached hydrogen (secondary N) is 1. The van der Waals surface area contributed by atoms with Crippen LogP contribution >= 0.6 is 0 Å². The van der Waals surface area contributed by atoms with Crippen molar-refractivity contribution in [2.75, 3.05) is 5.32 Å². The van der Waals surface area contributed by atoms with E-state index in [1.807, 2.05) is 36.4 Å². The molecule has 0 bridgehead atoms. The minimum atomic E-state index is -0.243. The van der Waals surface area contributed by atoms with Crippen LogP contribution in [0.3, 0.4) is 0 Å². The zero-order chi connectivity index (χ0) is 21.0. The first-order valence-corrected chi connectivity index (χ1v) is 10.3. The maximum atomic E-state index is 12.9. The summed E-state index contributed by atoms with van der Waals surface area (Å²) in [4.78, 5) is 16.9. The highest BCUT2D eigenvalue weighted by molar-refractivity contribution is 6.06. The van der Waals surface area contributed by atoms with Crippen LogP contribution < -0.4 is 10.1 Å². The number of pyridine rings is 1. The number of fused-ring (bicyclic) bond motifs is 1. The largest absolute Gasteiger partial charge is 0.455 e. The molecule has 1 aliphatic heterocycles. The molecule has 5 rings (SSSR count). The maximum absolute atomic E-state index is 12.9. The Morgan fingerprint density at radius 1 is 0.968 bits per heavy atom. The minimum absolute atomic E-state index is 0.243. The van der Waals surface area contributed by atoms with E-state index in [2.05, 4.69) is 25.1 Å². The summed E-state index contributed by atoms with van der Waals surface area (Å²) in [5.41, 5.74) is 2.13. The number of carbonyl (C=O) groups is 1. The van der Waals surface area contributed by atoms with Gasteiger partial charge in [-0.15, -0.1) is 10.2 Å². The molecule has 0 fully saturated rings. The second-order valence-electron chi connectivity index (χ2n) is 7.37. The van der Waals surface area contributed by atoms with Gasteiger partial charge in [-0.1, -0.05) is 12.1 Å². The van der Waals surface area contributed by atoms with E-state index in [9.17, 15) is 4.79 Å². The number of anilines is 1. The van der Waals surface area contributed by atoms with Gasteiger partial charge in [0.05, 0.1) is 11.8 Å². The lowest BCUT2D eigenvalue weighted by Gasteiger charge is -2.15. The zero-order valence-corrected chi connectivity index (χ0v) is 16.9. The average Bonchev–Trinajstić information content (AvgIpc) is 3.25.